The lowest BCUT2D eigenvalue weighted by Gasteiger charge is -2.18. The molecular formula is C17H16N2OS2. The number of aryl methyl sites for hydroxylation is 2. The van der Waals surface area contributed by atoms with Crippen LogP contribution in [0.25, 0.3) is 6.08 Å². The minimum absolute atomic E-state index is 0.0444. The van der Waals surface area contributed by atoms with Gasteiger partial charge >= 0.3 is 0 Å². The molecular weight excluding hydrogens is 312 g/mol. The fourth-order valence-corrected chi connectivity index (χ4v) is 3.73. The number of carbonyl (C=O) groups excluding carboxylic acids is 1. The van der Waals surface area contributed by atoms with Gasteiger partial charge in [0, 0.05) is 18.9 Å². The van der Waals surface area contributed by atoms with Crippen LogP contribution in [-0.2, 0) is 18.3 Å². The number of anilines is 1. The molecule has 3 nitrogen and oxygen atoms in total. The van der Waals surface area contributed by atoms with Gasteiger partial charge in [0.25, 0.3) is 5.91 Å². The smallest absolute Gasteiger partial charge is 0.270 e. The zero-order valence-electron chi connectivity index (χ0n) is 12.4. The van der Waals surface area contributed by atoms with Crippen LogP contribution in [-0.4, -0.2) is 14.8 Å². The van der Waals surface area contributed by atoms with Gasteiger partial charge in [0.05, 0.1) is 10.6 Å². The lowest BCUT2D eigenvalue weighted by Crippen LogP contribution is -2.28. The molecule has 1 fully saturated rings. The molecule has 1 amide bonds. The van der Waals surface area contributed by atoms with E-state index in [1.165, 1.54) is 11.8 Å². The van der Waals surface area contributed by atoms with Gasteiger partial charge < -0.3 is 4.57 Å². The highest BCUT2D eigenvalue weighted by Crippen LogP contribution is 2.37. The van der Waals surface area contributed by atoms with Gasteiger partial charge in [0.15, 0.2) is 4.32 Å². The van der Waals surface area contributed by atoms with Gasteiger partial charge in [0.2, 0.25) is 0 Å². The van der Waals surface area contributed by atoms with E-state index in [9.17, 15) is 4.79 Å². The van der Waals surface area contributed by atoms with E-state index in [0.717, 1.165) is 23.4 Å². The molecule has 5 heteroatoms. The van der Waals surface area contributed by atoms with Gasteiger partial charge in [0.1, 0.15) is 0 Å². The predicted molar refractivity (Wildman–Crippen MR) is 96.9 cm³/mol. The van der Waals surface area contributed by atoms with E-state index >= 15 is 0 Å². The Kier molecular flexibility index (Phi) is 4.18. The second-order valence-electron chi connectivity index (χ2n) is 5.04. The Balaban J connectivity index is 1.99. The molecule has 0 bridgehead atoms. The molecule has 0 atom stereocenters. The number of benzene rings is 1. The average molecular weight is 328 g/mol. The molecule has 22 heavy (non-hydrogen) atoms. The zero-order valence-corrected chi connectivity index (χ0v) is 14.1. The van der Waals surface area contributed by atoms with Crippen LogP contribution in [0.5, 0.6) is 0 Å². The number of amides is 1. The monoisotopic (exact) mass is 328 g/mol. The minimum Gasteiger partial charge on any atom is -0.351 e. The second kappa shape index (κ2) is 6.10. The van der Waals surface area contributed by atoms with Crippen LogP contribution in [0.4, 0.5) is 5.69 Å². The molecule has 0 spiro atoms. The van der Waals surface area contributed by atoms with Crippen LogP contribution >= 0.6 is 24.0 Å². The van der Waals surface area contributed by atoms with Crippen molar-refractivity contribution in [2.75, 3.05) is 4.90 Å². The van der Waals surface area contributed by atoms with Crippen molar-refractivity contribution in [2.45, 2.75) is 13.3 Å². The minimum atomic E-state index is -0.0444. The molecule has 1 saturated heterocycles. The van der Waals surface area contributed by atoms with Crippen LogP contribution in [0.3, 0.4) is 0 Å². The van der Waals surface area contributed by atoms with Crippen LogP contribution in [0.15, 0.2) is 47.5 Å². The fourth-order valence-electron chi connectivity index (χ4n) is 2.46. The number of thioether (sulfide) groups is 1. The van der Waals surface area contributed by atoms with Gasteiger partial charge in [-0.15, -0.1) is 0 Å². The van der Waals surface area contributed by atoms with Gasteiger partial charge in [-0.2, -0.15) is 0 Å². The highest BCUT2D eigenvalue weighted by molar-refractivity contribution is 8.27. The first-order valence-electron chi connectivity index (χ1n) is 7.09. The van der Waals surface area contributed by atoms with Crippen molar-refractivity contribution in [3.05, 3.63) is 58.8 Å². The third-order valence-corrected chi connectivity index (χ3v) is 4.97. The summed E-state index contributed by atoms with van der Waals surface area (Å²) in [5, 5.41) is 0. The molecule has 1 aliphatic rings. The summed E-state index contributed by atoms with van der Waals surface area (Å²) in [4.78, 5) is 15.1. The summed E-state index contributed by atoms with van der Waals surface area (Å²) >= 11 is 6.79. The standard InChI is InChI=1S/C17H16N2OS2/c1-3-12-7-4-5-9-14(12)19-16(20)15(22-17(19)21)11-13-8-6-10-18(13)2/h4-11H,3H2,1-2H3. The number of hydrogen-bond acceptors (Lipinski definition) is 3. The maximum absolute atomic E-state index is 12.8. The van der Waals surface area contributed by atoms with E-state index in [4.69, 9.17) is 12.2 Å². The van der Waals surface area contributed by atoms with E-state index in [2.05, 4.69) is 6.92 Å². The van der Waals surface area contributed by atoms with Gasteiger partial charge in [-0.25, -0.2) is 0 Å². The van der Waals surface area contributed by atoms with Crippen molar-refractivity contribution in [3.8, 4) is 0 Å². The Morgan fingerprint density at radius 3 is 2.68 bits per heavy atom. The third kappa shape index (κ3) is 2.62. The Bertz CT molecular complexity index is 776. The largest absolute Gasteiger partial charge is 0.351 e. The topological polar surface area (TPSA) is 25.2 Å². The molecule has 0 unspecified atom stereocenters. The highest BCUT2D eigenvalue weighted by atomic mass is 32.2. The quantitative estimate of drug-likeness (QED) is 0.629. The number of nitrogens with zero attached hydrogens (tertiary/aromatic N) is 2. The maximum atomic E-state index is 12.8. The molecule has 0 saturated carbocycles. The number of rotatable bonds is 3. The Morgan fingerprint density at radius 1 is 1.23 bits per heavy atom. The highest BCUT2D eigenvalue weighted by Gasteiger charge is 2.34. The van der Waals surface area contributed by atoms with Gasteiger partial charge in [-0.1, -0.05) is 49.1 Å². The van der Waals surface area contributed by atoms with Crippen molar-refractivity contribution in [1.82, 2.24) is 4.57 Å². The third-order valence-electron chi connectivity index (χ3n) is 3.67. The molecule has 2 heterocycles. The molecule has 2 aromatic rings. The zero-order chi connectivity index (χ0) is 15.7. The molecule has 112 valence electrons. The van der Waals surface area contributed by atoms with Crippen molar-refractivity contribution >= 4 is 46.0 Å². The van der Waals surface area contributed by atoms with Crippen LogP contribution in [0.1, 0.15) is 18.2 Å². The number of hydrogen-bond donors (Lipinski definition) is 0. The van der Waals surface area contributed by atoms with E-state index < -0.39 is 0 Å². The summed E-state index contributed by atoms with van der Waals surface area (Å²) in [7, 11) is 1.96. The van der Waals surface area contributed by atoms with E-state index in [1.54, 1.807) is 4.90 Å². The van der Waals surface area contributed by atoms with Crippen LogP contribution in [0.2, 0.25) is 0 Å². The first kappa shape index (κ1) is 15.1. The average Bonchev–Trinajstić information content (AvgIpc) is 3.04. The van der Waals surface area contributed by atoms with Crippen molar-refractivity contribution < 1.29 is 4.79 Å². The first-order chi connectivity index (χ1) is 10.6. The molecule has 3 rings (SSSR count). The van der Waals surface area contributed by atoms with Gasteiger partial charge in [-0.3, -0.25) is 9.69 Å². The van der Waals surface area contributed by atoms with Crippen molar-refractivity contribution in [2.24, 2.45) is 7.05 Å². The summed E-state index contributed by atoms with van der Waals surface area (Å²) in [5.41, 5.74) is 3.01. The van der Waals surface area contributed by atoms with Crippen molar-refractivity contribution in [3.63, 3.8) is 0 Å². The van der Waals surface area contributed by atoms with E-state index in [1.807, 2.05) is 60.3 Å². The molecule has 0 aliphatic carbocycles. The normalized spacial score (nSPS) is 16.8. The summed E-state index contributed by atoms with van der Waals surface area (Å²) in [6.45, 7) is 2.08. The predicted octanol–water partition coefficient (Wildman–Crippen LogP) is 3.99. The lowest BCUT2D eigenvalue weighted by atomic mass is 10.1. The van der Waals surface area contributed by atoms with E-state index in [0.29, 0.717) is 9.23 Å². The van der Waals surface area contributed by atoms with E-state index in [-0.39, 0.29) is 5.91 Å². The Labute approximate surface area is 139 Å². The van der Waals surface area contributed by atoms with Gasteiger partial charge in [-0.05, 0) is 36.3 Å². The SMILES string of the molecule is CCc1ccccc1N1C(=O)C(=Cc2cccn2C)SC1=S. The first-order valence-corrected chi connectivity index (χ1v) is 8.31. The summed E-state index contributed by atoms with van der Waals surface area (Å²) in [6, 6.07) is 11.9. The second-order valence-corrected chi connectivity index (χ2v) is 6.72. The number of aromatic nitrogens is 1. The lowest BCUT2D eigenvalue weighted by molar-refractivity contribution is -0.113. The van der Waals surface area contributed by atoms with Crippen molar-refractivity contribution in [1.29, 1.82) is 0 Å². The molecule has 0 N–H and O–H groups in total. The molecule has 1 aromatic carbocycles. The number of thiocarbonyl (C=S) groups is 1. The summed E-state index contributed by atoms with van der Waals surface area (Å²) < 4.78 is 2.57. The molecule has 0 radical (unpaired) electrons. The molecule has 1 aliphatic heterocycles. The maximum Gasteiger partial charge on any atom is 0.270 e. The Morgan fingerprint density at radius 2 is 2.00 bits per heavy atom. The number of carbonyl (C=O) groups is 1. The summed E-state index contributed by atoms with van der Waals surface area (Å²) in [5.74, 6) is -0.0444. The Hall–Kier alpha value is -1.85. The van der Waals surface area contributed by atoms with Crippen LogP contribution in [0, 0.1) is 0 Å². The number of para-hydroxylation sites is 1. The fraction of sp³-hybridized carbons (Fsp3) is 0.176. The molecule has 1 aromatic heterocycles. The van der Waals surface area contributed by atoms with Crippen LogP contribution < -0.4 is 4.90 Å². The summed E-state index contributed by atoms with van der Waals surface area (Å²) in [6.07, 6.45) is 4.72.